The number of rotatable bonds is 14. The van der Waals surface area contributed by atoms with E-state index in [0.29, 0.717) is 45.0 Å². The summed E-state index contributed by atoms with van der Waals surface area (Å²) in [5, 5.41) is 2.84. The van der Waals surface area contributed by atoms with Crippen molar-refractivity contribution >= 4 is 17.6 Å². The number of hydrogen-bond donors (Lipinski definition) is 1. The molecule has 3 rings (SSSR count). The number of nitrogens with zero attached hydrogens (tertiary/aromatic N) is 2. The minimum Gasteiger partial charge on any atom is -0.476 e. The highest BCUT2D eigenvalue weighted by molar-refractivity contribution is 5.97. The average Bonchev–Trinajstić information content (AvgIpc) is 3.58. The molecule has 1 aromatic rings. The Hall–Kier alpha value is -2.46. The van der Waals surface area contributed by atoms with Crippen LogP contribution in [0.5, 0.6) is 5.88 Å². The van der Waals surface area contributed by atoms with Crippen LogP contribution in [-0.2, 0) is 19.0 Å². The van der Waals surface area contributed by atoms with Gasteiger partial charge in [0.15, 0.2) is 6.86 Å². The summed E-state index contributed by atoms with van der Waals surface area (Å²) >= 11 is 0. The van der Waals surface area contributed by atoms with Crippen molar-refractivity contribution in [2.24, 2.45) is 11.8 Å². The SMILES string of the molecule is CCOC(=O)C(CC)(CC)NC(=O)c1ccc(N2CC(OC)C2)c(OC[C@@H]2C[C@H]2COCF)n1. The fourth-order valence-corrected chi connectivity index (χ4v) is 4.11. The fraction of sp³-hybridized carbons (Fsp3) is 0.708. The molecule has 1 aromatic heterocycles. The van der Waals surface area contributed by atoms with Crippen molar-refractivity contribution in [3.8, 4) is 5.88 Å². The largest absolute Gasteiger partial charge is 0.476 e. The van der Waals surface area contributed by atoms with E-state index in [1.165, 1.54) is 0 Å². The molecule has 9 nitrogen and oxygen atoms in total. The Morgan fingerprint density at radius 1 is 1.18 bits per heavy atom. The molecule has 2 aliphatic rings. The van der Waals surface area contributed by atoms with E-state index in [0.717, 1.165) is 12.1 Å². The molecule has 1 N–H and O–H groups in total. The van der Waals surface area contributed by atoms with E-state index < -0.39 is 24.3 Å². The lowest BCUT2D eigenvalue weighted by Gasteiger charge is -2.40. The molecule has 1 aliphatic carbocycles. The minimum atomic E-state index is -1.12. The van der Waals surface area contributed by atoms with E-state index in [1.54, 1.807) is 20.1 Å². The number of amides is 1. The van der Waals surface area contributed by atoms with Crippen LogP contribution >= 0.6 is 0 Å². The Balaban J connectivity index is 1.75. The van der Waals surface area contributed by atoms with Gasteiger partial charge in [-0.05, 0) is 50.2 Å². The van der Waals surface area contributed by atoms with Crippen molar-refractivity contribution in [2.45, 2.75) is 51.7 Å². The molecule has 2 fully saturated rings. The number of aromatic nitrogens is 1. The second-order valence-electron chi connectivity index (χ2n) is 8.79. The first-order valence-electron chi connectivity index (χ1n) is 12.0. The number of methoxy groups -OCH3 is 1. The number of ether oxygens (including phenoxy) is 4. The molecule has 0 radical (unpaired) electrons. The monoisotopic (exact) mass is 481 g/mol. The maximum Gasteiger partial charge on any atom is 0.331 e. The average molecular weight is 482 g/mol. The van der Waals surface area contributed by atoms with Crippen molar-refractivity contribution in [1.82, 2.24) is 10.3 Å². The lowest BCUT2D eigenvalue weighted by Crippen LogP contribution is -2.54. The predicted molar refractivity (Wildman–Crippen MR) is 124 cm³/mol. The number of carbonyl (C=O) groups excluding carboxylic acids is 2. The maximum atomic E-state index is 13.1. The van der Waals surface area contributed by atoms with Gasteiger partial charge in [-0.2, -0.15) is 0 Å². The summed E-state index contributed by atoms with van der Waals surface area (Å²) in [6.07, 6.45) is 1.83. The number of anilines is 1. The van der Waals surface area contributed by atoms with Gasteiger partial charge in [0.2, 0.25) is 5.88 Å². The zero-order chi connectivity index (χ0) is 24.7. The number of alkyl halides is 1. The van der Waals surface area contributed by atoms with Crippen molar-refractivity contribution < 1.29 is 32.9 Å². The lowest BCUT2D eigenvalue weighted by molar-refractivity contribution is -0.151. The zero-order valence-corrected chi connectivity index (χ0v) is 20.5. The number of nitrogens with one attached hydrogen (secondary N) is 1. The number of hydrogen-bond acceptors (Lipinski definition) is 8. The molecule has 1 amide bonds. The standard InChI is InChI=1S/C24H36FN3O6/c1-5-24(6-2,23(30)33-7-3)27-21(29)19-8-9-20(28-11-18(12-28)31-4)22(26-19)34-14-17-10-16(17)13-32-15-25/h8-9,16-18H,5-7,10-15H2,1-4H3,(H,27,29)/t16-,17-/m0/s1. The lowest BCUT2D eigenvalue weighted by atomic mass is 9.92. The summed E-state index contributed by atoms with van der Waals surface area (Å²) in [5.74, 6) is -0.0330. The van der Waals surface area contributed by atoms with Crippen molar-refractivity contribution in [3.63, 3.8) is 0 Å². The molecule has 0 aromatic carbocycles. The highest BCUT2D eigenvalue weighted by Gasteiger charge is 2.40. The van der Waals surface area contributed by atoms with Gasteiger partial charge in [0, 0.05) is 20.2 Å². The van der Waals surface area contributed by atoms with Crippen molar-refractivity contribution in [2.75, 3.05) is 51.8 Å². The van der Waals surface area contributed by atoms with Crippen LogP contribution < -0.4 is 15.0 Å². The van der Waals surface area contributed by atoms with Crippen LogP contribution in [0.15, 0.2) is 12.1 Å². The first-order valence-corrected chi connectivity index (χ1v) is 12.0. The number of halogens is 1. The summed E-state index contributed by atoms with van der Waals surface area (Å²) in [7, 11) is 1.68. The van der Waals surface area contributed by atoms with Crippen LogP contribution in [0.4, 0.5) is 10.1 Å². The molecule has 0 spiro atoms. The van der Waals surface area contributed by atoms with Crippen molar-refractivity contribution in [1.29, 1.82) is 0 Å². The van der Waals surface area contributed by atoms with Gasteiger partial charge in [-0.3, -0.25) is 4.79 Å². The van der Waals surface area contributed by atoms with Crippen LogP contribution in [0.3, 0.4) is 0 Å². The topological polar surface area (TPSA) is 99.2 Å². The third kappa shape index (κ3) is 5.96. The van der Waals surface area contributed by atoms with Gasteiger partial charge < -0.3 is 29.2 Å². The van der Waals surface area contributed by atoms with E-state index >= 15 is 0 Å². The highest BCUT2D eigenvalue weighted by Crippen LogP contribution is 2.40. The molecule has 190 valence electrons. The molecule has 1 saturated carbocycles. The first kappa shape index (κ1) is 26.2. The first-order chi connectivity index (χ1) is 16.4. The van der Waals surface area contributed by atoms with Gasteiger partial charge in [-0.1, -0.05) is 13.8 Å². The molecule has 0 bridgehead atoms. The summed E-state index contributed by atoms with van der Waals surface area (Å²) in [6, 6.07) is 3.44. The third-order valence-electron chi connectivity index (χ3n) is 6.73. The van der Waals surface area contributed by atoms with Crippen LogP contribution in [0, 0.1) is 11.8 Å². The molecule has 34 heavy (non-hydrogen) atoms. The van der Waals surface area contributed by atoms with Crippen LogP contribution in [0.2, 0.25) is 0 Å². The van der Waals surface area contributed by atoms with Gasteiger partial charge in [0.05, 0.1) is 25.9 Å². The molecule has 2 heterocycles. The van der Waals surface area contributed by atoms with E-state index in [-0.39, 0.29) is 30.2 Å². The van der Waals surface area contributed by atoms with Crippen LogP contribution in [-0.4, -0.2) is 75.4 Å². The molecule has 0 unspecified atom stereocenters. The Kier molecular flexibility index (Phi) is 9.07. The van der Waals surface area contributed by atoms with Gasteiger partial charge in [-0.25, -0.2) is 14.2 Å². The second kappa shape index (κ2) is 11.8. The Bertz CT molecular complexity index is 844. The van der Waals surface area contributed by atoms with E-state index in [2.05, 4.69) is 15.2 Å². The van der Waals surface area contributed by atoms with Gasteiger partial charge >= 0.3 is 5.97 Å². The zero-order valence-electron chi connectivity index (χ0n) is 20.5. The molecule has 10 heteroatoms. The van der Waals surface area contributed by atoms with E-state index in [4.69, 9.17) is 18.9 Å². The summed E-state index contributed by atoms with van der Waals surface area (Å²) in [6.45, 7) is 7.03. The molecule has 2 atom stereocenters. The summed E-state index contributed by atoms with van der Waals surface area (Å²) in [5.41, 5.74) is -0.175. The second-order valence-corrected chi connectivity index (χ2v) is 8.79. The molecular formula is C24H36FN3O6. The highest BCUT2D eigenvalue weighted by atomic mass is 19.1. The normalized spacial score (nSPS) is 20.0. The molecule has 1 saturated heterocycles. The summed E-state index contributed by atoms with van der Waals surface area (Å²) < 4.78 is 33.7. The van der Waals surface area contributed by atoms with Crippen LogP contribution in [0.1, 0.15) is 50.5 Å². The third-order valence-corrected chi connectivity index (χ3v) is 6.73. The molecular weight excluding hydrogens is 445 g/mol. The fourth-order valence-electron chi connectivity index (χ4n) is 4.11. The van der Waals surface area contributed by atoms with Crippen LogP contribution in [0.25, 0.3) is 0 Å². The van der Waals surface area contributed by atoms with Gasteiger partial charge in [0.25, 0.3) is 5.91 Å². The quantitative estimate of drug-likeness (QED) is 0.405. The van der Waals surface area contributed by atoms with Crippen molar-refractivity contribution in [3.05, 3.63) is 17.8 Å². The smallest absolute Gasteiger partial charge is 0.331 e. The van der Waals surface area contributed by atoms with E-state index in [1.807, 2.05) is 19.9 Å². The Morgan fingerprint density at radius 3 is 2.50 bits per heavy atom. The Morgan fingerprint density at radius 2 is 1.88 bits per heavy atom. The minimum absolute atomic E-state index is 0.140. The van der Waals surface area contributed by atoms with E-state index in [9.17, 15) is 14.0 Å². The van der Waals surface area contributed by atoms with Gasteiger partial charge in [0.1, 0.15) is 16.9 Å². The number of pyridine rings is 1. The number of carbonyl (C=O) groups is 2. The van der Waals surface area contributed by atoms with Gasteiger partial charge in [-0.15, -0.1) is 0 Å². The Labute approximate surface area is 200 Å². The summed E-state index contributed by atoms with van der Waals surface area (Å²) in [4.78, 5) is 32.3. The molecule has 1 aliphatic heterocycles. The number of esters is 1. The maximum absolute atomic E-state index is 13.1. The predicted octanol–water partition coefficient (Wildman–Crippen LogP) is 2.73.